The molecule has 0 radical (unpaired) electrons. The van der Waals surface area contributed by atoms with E-state index in [1.54, 1.807) is 12.1 Å². The number of carboxylic acids is 1. The molecule has 216 valence electrons. The standard InChI is InChI=1S/C27H37N7O6/c1-16(23(36)33-21(26(39)40)8-5-13-31-27(29)30)32-25(38)22(15-18-9-11-19(35)12-10-18)34-24(37)20(28)14-17-6-3-2-4-7-17/h2-4,6-7,9-12,16,20-22,35H,5,8,13-15,28H2,1H3,(H,32,38)(H,33,36)(H,34,37)(H,39,40)(H4,29,30,31). The van der Waals surface area contributed by atoms with Gasteiger partial charge in [-0.25, -0.2) is 4.79 Å². The molecule has 11 N–H and O–H groups in total. The number of hydrogen-bond donors (Lipinski definition) is 8. The number of benzene rings is 2. The van der Waals surface area contributed by atoms with Crippen LogP contribution >= 0.6 is 0 Å². The molecule has 13 heteroatoms. The van der Waals surface area contributed by atoms with Gasteiger partial charge in [-0.05, 0) is 49.4 Å². The number of aromatic hydroxyl groups is 1. The smallest absolute Gasteiger partial charge is 0.326 e. The lowest BCUT2D eigenvalue weighted by atomic mass is 10.0. The lowest BCUT2D eigenvalue weighted by Crippen LogP contribution is -2.57. The first-order valence-electron chi connectivity index (χ1n) is 12.7. The average molecular weight is 556 g/mol. The molecule has 0 spiro atoms. The zero-order valence-electron chi connectivity index (χ0n) is 22.2. The van der Waals surface area contributed by atoms with Gasteiger partial charge in [0.2, 0.25) is 17.7 Å². The van der Waals surface area contributed by atoms with Gasteiger partial charge in [0.15, 0.2) is 5.96 Å². The zero-order valence-corrected chi connectivity index (χ0v) is 22.2. The Kier molecular flexibility index (Phi) is 12.4. The third-order valence-corrected chi connectivity index (χ3v) is 5.96. The average Bonchev–Trinajstić information content (AvgIpc) is 2.91. The predicted octanol–water partition coefficient (Wildman–Crippen LogP) is -0.883. The molecule has 40 heavy (non-hydrogen) atoms. The molecule has 0 saturated heterocycles. The number of nitrogens with one attached hydrogen (secondary N) is 3. The number of amides is 3. The number of nitrogens with two attached hydrogens (primary N) is 3. The molecule has 0 heterocycles. The van der Waals surface area contributed by atoms with Crippen LogP contribution in [0.15, 0.2) is 59.6 Å². The summed E-state index contributed by atoms with van der Waals surface area (Å²) in [6.07, 6.45) is 0.669. The zero-order chi connectivity index (χ0) is 29.7. The maximum Gasteiger partial charge on any atom is 0.326 e. The van der Waals surface area contributed by atoms with Crippen LogP contribution < -0.4 is 33.2 Å². The minimum atomic E-state index is -1.25. The number of nitrogens with zero attached hydrogens (tertiary/aromatic N) is 1. The van der Waals surface area contributed by atoms with Gasteiger partial charge in [-0.3, -0.25) is 19.4 Å². The van der Waals surface area contributed by atoms with Gasteiger partial charge in [-0.2, -0.15) is 0 Å². The van der Waals surface area contributed by atoms with Crippen LogP contribution in [-0.2, 0) is 32.0 Å². The fraction of sp³-hybridized carbons (Fsp3) is 0.370. The van der Waals surface area contributed by atoms with Gasteiger partial charge in [0.25, 0.3) is 0 Å². The highest BCUT2D eigenvalue weighted by molar-refractivity contribution is 5.94. The number of guanidine groups is 1. The lowest BCUT2D eigenvalue weighted by molar-refractivity contribution is -0.142. The maximum absolute atomic E-state index is 13.2. The van der Waals surface area contributed by atoms with Gasteiger partial charge in [-0.1, -0.05) is 42.5 Å². The molecule has 0 saturated carbocycles. The summed E-state index contributed by atoms with van der Waals surface area (Å²) >= 11 is 0. The Hall–Kier alpha value is -4.65. The first kappa shape index (κ1) is 31.6. The number of carbonyl (C=O) groups excluding carboxylic acids is 3. The monoisotopic (exact) mass is 555 g/mol. The SMILES string of the molecule is CC(NC(=O)C(Cc1ccc(O)cc1)NC(=O)C(N)Cc1ccccc1)C(=O)NC(CCCN=C(N)N)C(=O)O. The minimum Gasteiger partial charge on any atom is -0.508 e. The van der Waals surface area contributed by atoms with Crippen molar-refractivity contribution in [2.45, 2.75) is 56.8 Å². The Morgan fingerprint density at radius 3 is 2.02 bits per heavy atom. The van der Waals surface area contributed by atoms with Crippen molar-refractivity contribution in [2.24, 2.45) is 22.2 Å². The summed E-state index contributed by atoms with van der Waals surface area (Å²) < 4.78 is 0. The summed E-state index contributed by atoms with van der Waals surface area (Å²) in [6.45, 7) is 1.59. The Balaban J connectivity index is 2.07. The summed E-state index contributed by atoms with van der Waals surface area (Å²) in [5.74, 6) is -3.29. The Bertz CT molecular complexity index is 1170. The molecule has 0 bridgehead atoms. The third-order valence-electron chi connectivity index (χ3n) is 5.96. The molecule has 2 rings (SSSR count). The largest absolute Gasteiger partial charge is 0.508 e. The molecule has 3 amide bonds. The van der Waals surface area contributed by atoms with E-state index >= 15 is 0 Å². The molecule has 0 aliphatic rings. The summed E-state index contributed by atoms with van der Waals surface area (Å²) in [6, 6.07) is 10.9. The summed E-state index contributed by atoms with van der Waals surface area (Å²) in [5, 5.41) is 26.6. The molecule has 2 aromatic carbocycles. The van der Waals surface area contributed by atoms with Gasteiger partial charge in [0, 0.05) is 13.0 Å². The van der Waals surface area contributed by atoms with Crippen LogP contribution in [0.5, 0.6) is 5.75 Å². The second-order valence-corrected chi connectivity index (χ2v) is 9.31. The van der Waals surface area contributed by atoms with Crippen LogP contribution in [0.4, 0.5) is 0 Å². The maximum atomic E-state index is 13.2. The molecule has 2 aromatic rings. The molecule has 4 unspecified atom stereocenters. The number of aliphatic carboxylic acids is 1. The number of carbonyl (C=O) groups is 4. The van der Waals surface area contributed by atoms with E-state index in [1.807, 2.05) is 30.3 Å². The molecule has 0 aliphatic heterocycles. The first-order chi connectivity index (χ1) is 19.0. The van der Waals surface area contributed by atoms with Crippen molar-refractivity contribution in [2.75, 3.05) is 6.54 Å². The fourth-order valence-corrected chi connectivity index (χ4v) is 3.75. The van der Waals surface area contributed by atoms with Gasteiger partial charge in [0.05, 0.1) is 6.04 Å². The van der Waals surface area contributed by atoms with Crippen LogP contribution in [0.2, 0.25) is 0 Å². The molecule has 0 fully saturated rings. The number of phenols is 1. The quantitative estimate of drug-likeness (QED) is 0.0772. The topological polar surface area (TPSA) is 235 Å². The van der Waals surface area contributed by atoms with Crippen LogP contribution in [0, 0.1) is 0 Å². The molecule has 4 atom stereocenters. The lowest BCUT2D eigenvalue weighted by Gasteiger charge is -2.24. The first-order valence-corrected chi connectivity index (χ1v) is 12.7. The second-order valence-electron chi connectivity index (χ2n) is 9.31. The van der Waals surface area contributed by atoms with Gasteiger partial charge in [-0.15, -0.1) is 0 Å². The Morgan fingerprint density at radius 1 is 0.825 bits per heavy atom. The number of carboxylic acid groups (broad SMARTS) is 1. The summed E-state index contributed by atoms with van der Waals surface area (Å²) in [5.41, 5.74) is 18.1. The molecule has 13 nitrogen and oxygen atoms in total. The highest BCUT2D eigenvalue weighted by Gasteiger charge is 2.28. The molecule has 0 aromatic heterocycles. The van der Waals surface area contributed by atoms with E-state index in [0.717, 1.165) is 5.56 Å². The van der Waals surface area contributed by atoms with Crippen molar-refractivity contribution in [3.05, 3.63) is 65.7 Å². The van der Waals surface area contributed by atoms with E-state index in [9.17, 15) is 29.4 Å². The third kappa shape index (κ3) is 11.0. The summed E-state index contributed by atoms with van der Waals surface area (Å²) in [7, 11) is 0. The van der Waals surface area contributed by atoms with E-state index in [0.29, 0.717) is 12.0 Å². The van der Waals surface area contributed by atoms with Crippen LogP contribution in [0.3, 0.4) is 0 Å². The van der Waals surface area contributed by atoms with Gasteiger partial charge < -0.3 is 43.4 Å². The molecular formula is C27H37N7O6. The van der Waals surface area contributed by atoms with E-state index in [4.69, 9.17) is 17.2 Å². The molecular weight excluding hydrogens is 518 g/mol. The number of phenolic OH excluding ortho intramolecular Hbond substituents is 1. The van der Waals surface area contributed by atoms with Crippen molar-refractivity contribution < 1.29 is 29.4 Å². The Morgan fingerprint density at radius 2 is 1.43 bits per heavy atom. The van der Waals surface area contributed by atoms with Crippen LogP contribution in [-0.4, -0.2) is 70.6 Å². The van der Waals surface area contributed by atoms with Gasteiger partial charge >= 0.3 is 5.97 Å². The number of rotatable bonds is 15. The highest BCUT2D eigenvalue weighted by Crippen LogP contribution is 2.12. The van der Waals surface area contributed by atoms with Gasteiger partial charge in [0.1, 0.15) is 23.9 Å². The highest BCUT2D eigenvalue weighted by atomic mass is 16.4. The van der Waals surface area contributed by atoms with E-state index in [2.05, 4.69) is 20.9 Å². The summed E-state index contributed by atoms with van der Waals surface area (Å²) in [4.78, 5) is 54.1. The fourth-order valence-electron chi connectivity index (χ4n) is 3.75. The predicted molar refractivity (Wildman–Crippen MR) is 149 cm³/mol. The van der Waals surface area contributed by atoms with Crippen LogP contribution in [0.1, 0.15) is 30.9 Å². The molecule has 0 aliphatic carbocycles. The Labute approximate surface area is 232 Å². The minimum absolute atomic E-state index is 0.0373. The van der Waals surface area contributed by atoms with E-state index in [1.165, 1.54) is 19.1 Å². The van der Waals surface area contributed by atoms with Crippen molar-refractivity contribution >= 4 is 29.7 Å². The second kappa shape index (κ2) is 15.7. The van der Waals surface area contributed by atoms with Crippen LogP contribution in [0.25, 0.3) is 0 Å². The van der Waals surface area contributed by atoms with Crippen molar-refractivity contribution in [3.63, 3.8) is 0 Å². The van der Waals surface area contributed by atoms with Crippen molar-refractivity contribution in [1.82, 2.24) is 16.0 Å². The van der Waals surface area contributed by atoms with Crippen molar-refractivity contribution in [1.29, 1.82) is 0 Å². The van der Waals surface area contributed by atoms with E-state index in [-0.39, 0.29) is 37.5 Å². The van der Waals surface area contributed by atoms with Crippen molar-refractivity contribution in [3.8, 4) is 5.75 Å². The normalized spacial score (nSPS) is 13.7. The number of hydrogen-bond acceptors (Lipinski definition) is 7. The number of aliphatic imine (C=N–C) groups is 1. The van der Waals surface area contributed by atoms with E-state index < -0.39 is 47.9 Å².